The number of nitro groups is 1. The average Bonchev–Trinajstić information content (AvgIpc) is 2.97. The molecule has 9 nitrogen and oxygen atoms in total. The van der Waals surface area contributed by atoms with E-state index in [1.165, 1.54) is 30.5 Å². The molecule has 12 heteroatoms. The van der Waals surface area contributed by atoms with Crippen molar-refractivity contribution in [3.05, 3.63) is 137 Å². The van der Waals surface area contributed by atoms with Gasteiger partial charge < -0.3 is 4.74 Å². The molecule has 1 aromatic heterocycles. The third kappa shape index (κ3) is 6.46. The van der Waals surface area contributed by atoms with Gasteiger partial charge in [0.05, 0.1) is 27.1 Å². The van der Waals surface area contributed by atoms with Crippen molar-refractivity contribution in [1.29, 1.82) is 0 Å². The van der Waals surface area contributed by atoms with Gasteiger partial charge in [0.15, 0.2) is 5.82 Å². The molecule has 4 aromatic carbocycles. The maximum Gasteiger partial charge on any atom is 0.336 e. The van der Waals surface area contributed by atoms with Gasteiger partial charge in [-0.05, 0) is 60.2 Å². The minimum atomic E-state index is -0.725. The van der Waals surface area contributed by atoms with Crippen molar-refractivity contribution < 1.29 is 14.5 Å². The predicted octanol–water partition coefficient (Wildman–Crippen LogP) is 7.54. The van der Waals surface area contributed by atoms with E-state index in [0.717, 1.165) is 10.8 Å². The summed E-state index contributed by atoms with van der Waals surface area (Å²) in [5.74, 6) is -0.384. The second-order valence-electron chi connectivity index (χ2n) is 8.73. The van der Waals surface area contributed by atoms with Crippen LogP contribution in [0.2, 0.25) is 10.0 Å². The average molecular weight is 664 g/mol. The third-order valence-corrected chi connectivity index (χ3v) is 6.95. The highest BCUT2D eigenvalue weighted by Crippen LogP contribution is 2.30. The summed E-state index contributed by atoms with van der Waals surface area (Å²) in [5, 5.41) is 16.5. The smallest absolute Gasteiger partial charge is 0.336 e. The molecule has 5 rings (SSSR count). The largest absolute Gasteiger partial charge is 0.423 e. The van der Waals surface area contributed by atoms with Crippen LogP contribution in [0.5, 0.6) is 5.75 Å². The molecular weight excluding hydrogens is 647 g/mol. The first kappa shape index (κ1) is 28.9. The number of halogens is 3. The Morgan fingerprint density at radius 2 is 1.83 bits per heavy atom. The van der Waals surface area contributed by atoms with Gasteiger partial charge in [0.1, 0.15) is 5.75 Å². The van der Waals surface area contributed by atoms with E-state index < -0.39 is 16.5 Å². The van der Waals surface area contributed by atoms with Crippen LogP contribution in [-0.2, 0) is 4.79 Å². The molecule has 208 valence electrons. The Hall–Kier alpha value is -4.64. The highest BCUT2D eigenvalue weighted by atomic mass is 79.9. The Kier molecular flexibility index (Phi) is 8.58. The first-order valence-corrected chi connectivity index (χ1v) is 13.7. The number of aromatic nitrogens is 2. The summed E-state index contributed by atoms with van der Waals surface area (Å²) in [7, 11) is 0. The molecule has 0 radical (unpaired) electrons. The van der Waals surface area contributed by atoms with Gasteiger partial charge in [-0.1, -0.05) is 63.4 Å². The quantitative estimate of drug-likeness (QED) is 0.0443. The summed E-state index contributed by atoms with van der Waals surface area (Å²) in [4.78, 5) is 41.3. The SMILES string of the molecule is O=C(/C=C/c1cccc([N+](=O)[O-])c1)Oc1ccc(Br)cc1C=Nn1c(-c2ccc(Cl)cc2Cl)nc2ccccc2c1=O. The van der Waals surface area contributed by atoms with Crippen LogP contribution in [0.4, 0.5) is 5.69 Å². The zero-order valence-electron chi connectivity index (χ0n) is 21.3. The van der Waals surface area contributed by atoms with Crippen LogP contribution in [-0.4, -0.2) is 26.8 Å². The van der Waals surface area contributed by atoms with Crippen LogP contribution in [0.3, 0.4) is 0 Å². The predicted molar refractivity (Wildman–Crippen MR) is 166 cm³/mol. The summed E-state index contributed by atoms with van der Waals surface area (Å²) in [6, 6.07) is 22.4. The van der Waals surface area contributed by atoms with Crippen LogP contribution in [0.15, 0.2) is 105 Å². The topological polar surface area (TPSA) is 117 Å². The Morgan fingerprint density at radius 3 is 2.62 bits per heavy atom. The maximum absolute atomic E-state index is 13.5. The molecule has 5 aromatic rings. The lowest BCUT2D eigenvalue weighted by Gasteiger charge is -2.11. The number of ether oxygens (including phenoxy) is 1. The first-order valence-electron chi connectivity index (χ1n) is 12.1. The number of carbonyl (C=O) groups excluding carboxylic acids is 1. The van der Waals surface area contributed by atoms with Gasteiger partial charge in [-0.2, -0.15) is 9.78 Å². The molecule has 1 heterocycles. The maximum atomic E-state index is 13.5. The lowest BCUT2D eigenvalue weighted by Crippen LogP contribution is -2.20. The number of hydrogen-bond donors (Lipinski definition) is 0. The second-order valence-corrected chi connectivity index (χ2v) is 10.5. The monoisotopic (exact) mass is 662 g/mol. The van der Waals surface area contributed by atoms with Crippen molar-refractivity contribution >= 4 is 74.0 Å². The minimum Gasteiger partial charge on any atom is -0.423 e. The number of carbonyl (C=O) groups is 1. The Morgan fingerprint density at radius 1 is 1.02 bits per heavy atom. The number of fused-ring (bicyclic) bond motifs is 1. The summed E-state index contributed by atoms with van der Waals surface area (Å²) < 4.78 is 7.31. The molecule has 0 saturated heterocycles. The standard InChI is InChI=1S/C30H17BrCl2N4O5/c31-20-9-12-27(42-28(38)13-8-18-4-3-5-22(14-18)37(40)41)19(15-20)17-34-36-29(23-11-10-21(32)16-25(23)33)35-26-7-2-1-6-24(26)30(36)39/h1-17H/b13-8+,34-17?. The van der Waals surface area contributed by atoms with E-state index in [4.69, 9.17) is 27.9 Å². The van der Waals surface area contributed by atoms with Crippen molar-refractivity contribution in [2.75, 3.05) is 0 Å². The van der Waals surface area contributed by atoms with Gasteiger partial charge in [-0.25, -0.2) is 9.78 Å². The molecule has 0 atom stereocenters. The van der Waals surface area contributed by atoms with Gasteiger partial charge in [0.2, 0.25) is 0 Å². The fourth-order valence-corrected chi connectivity index (χ4v) is 4.83. The van der Waals surface area contributed by atoms with Gasteiger partial charge in [-0.15, -0.1) is 0 Å². The number of hydrogen-bond acceptors (Lipinski definition) is 7. The molecule has 0 saturated carbocycles. The molecule has 42 heavy (non-hydrogen) atoms. The van der Waals surface area contributed by atoms with Crippen LogP contribution >= 0.6 is 39.1 Å². The van der Waals surface area contributed by atoms with Gasteiger partial charge in [-0.3, -0.25) is 14.9 Å². The molecule has 0 aliphatic rings. The molecule has 0 fully saturated rings. The van der Waals surface area contributed by atoms with Crippen molar-refractivity contribution in [2.45, 2.75) is 0 Å². The van der Waals surface area contributed by atoms with Crippen LogP contribution in [0.25, 0.3) is 28.4 Å². The highest BCUT2D eigenvalue weighted by Gasteiger charge is 2.16. The van der Waals surface area contributed by atoms with Crippen molar-refractivity contribution in [3.8, 4) is 17.1 Å². The first-order chi connectivity index (χ1) is 20.2. The zero-order valence-corrected chi connectivity index (χ0v) is 24.4. The molecule has 0 N–H and O–H groups in total. The van der Waals surface area contributed by atoms with Gasteiger partial charge >= 0.3 is 5.97 Å². The van der Waals surface area contributed by atoms with E-state index in [2.05, 4.69) is 26.0 Å². The number of nitro benzene ring substituents is 1. The highest BCUT2D eigenvalue weighted by molar-refractivity contribution is 9.10. The van der Waals surface area contributed by atoms with E-state index in [9.17, 15) is 19.7 Å². The van der Waals surface area contributed by atoms with Crippen LogP contribution in [0.1, 0.15) is 11.1 Å². The molecule has 0 aliphatic carbocycles. The summed E-state index contributed by atoms with van der Waals surface area (Å²) >= 11 is 15.9. The fourth-order valence-electron chi connectivity index (χ4n) is 3.96. The van der Waals surface area contributed by atoms with E-state index in [1.54, 1.807) is 66.7 Å². The van der Waals surface area contributed by atoms with Crippen LogP contribution < -0.4 is 10.3 Å². The third-order valence-electron chi connectivity index (χ3n) is 5.91. The number of para-hydroxylation sites is 1. The van der Waals surface area contributed by atoms with Crippen molar-refractivity contribution in [1.82, 2.24) is 9.66 Å². The van der Waals surface area contributed by atoms with Gasteiger partial charge in [0, 0.05) is 38.8 Å². The molecule has 0 spiro atoms. The summed E-state index contributed by atoms with van der Waals surface area (Å²) in [6.45, 7) is 0. The summed E-state index contributed by atoms with van der Waals surface area (Å²) in [5.41, 5.74) is 1.18. The Bertz CT molecular complexity index is 1990. The molecule has 0 unspecified atom stereocenters. The second kappa shape index (κ2) is 12.5. The number of rotatable bonds is 7. The molecule has 0 bridgehead atoms. The Labute approximate surface area is 256 Å². The minimum absolute atomic E-state index is 0.102. The van der Waals surface area contributed by atoms with Crippen molar-refractivity contribution in [3.63, 3.8) is 0 Å². The zero-order chi connectivity index (χ0) is 29.8. The normalized spacial score (nSPS) is 11.4. The van der Waals surface area contributed by atoms with Crippen LogP contribution in [0, 0.1) is 10.1 Å². The molecule has 0 amide bonds. The lowest BCUT2D eigenvalue weighted by molar-refractivity contribution is -0.384. The van der Waals surface area contributed by atoms with E-state index in [-0.39, 0.29) is 22.3 Å². The van der Waals surface area contributed by atoms with E-state index in [0.29, 0.717) is 37.1 Å². The number of nitrogens with zero attached hydrogens (tertiary/aromatic N) is 4. The summed E-state index contributed by atoms with van der Waals surface area (Å²) in [6.07, 6.45) is 3.92. The molecular formula is C30H17BrCl2N4O5. The van der Waals surface area contributed by atoms with E-state index >= 15 is 0 Å². The Balaban J connectivity index is 1.51. The van der Waals surface area contributed by atoms with Crippen molar-refractivity contribution in [2.24, 2.45) is 5.10 Å². The molecule has 0 aliphatic heterocycles. The van der Waals surface area contributed by atoms with Gasteiger partial charge in [0.25, 0.3) is 11.2 Å². The van der Waals surface area contributed by atoms with E-state index in [1.807, 2.05) is 0 Å². The number of benzene rings is 4. The fraction of sp³-hybridized carbons (Fsp3) is 0. The lowest BCUT2D eigenvalue weighted by atomic mass is 10.2. The number of esters is 1. The number of non-ortho nitro benzene ring substituents is 1.